The fourth-order valence-corrected chi connectivity index (χ4v) is 4.27. The molecule has 0 unspecified atom stereocenters. The zero-order chi connectivity index (χ0) is 12.4. The van der Waals surface area contributed by atoms with Crippen molar-refractivity contribution in [3.8, 4) is 5.75 Å². The Kier molecular flexibility index (Phi) is 3.80. The fraction of sp³-hybridized carbons (Fsp3) is 0.600. The van der Waals surface area contributed by atoms with Crippen molar-refractivity contribution in [2.45, 2.75) is 37.8 Å². The topological polar surface area (TPSA) is 21.3 Å². The van der Waals surface area contributed by atoms with Crippen LogP contribution < -0.4 is 10.1 Å². The lowest BCUT2D eigenvalue weighted by atomic mass is 9.87. The molecule has 0 saturated carbocycles. The van der Waals surface area contributed by atoms with Crippen molar-refractivity contribution in [1.29, 1.82) is 0 Å². The lowest BCUT2D eigenvalue weighted by Gasteiger charge is -2.29. The first-order valence-corrected chi connectivity index (χ1v) is 8.01. The van der Waals surface area contributed by atoms with Gasteiger partial charge in [-0.15, -0.1) is 0 Å². The van der Waals surface area contributed by atoms with Crippen LogP contribution in [0.2, 0.25) is 0 Å². The molecule has 0 aromatic heterocycles. The van der Waals surface area contributed by atoms with E-state index in [0.717, 1.165) is 24.6 Å². The maximum absolute atomic E-state index is 5.46. The molecule has 0 spiro atoms. The third-order valence-electron chi connectivity index (χ3n) is 4.06. The van der Waals surface area contributed by atoms with Gasteiger partial charge in [-0.05, 0) is 48.6 Å². The lowest BCUT2D eigenvalue weighted by Crippen LogP contribution is -2.41. The quantitative estimate of drug-likeness (QED) is 0.906. The number of thioether (sulfide) groups is 1. The van der Waals surface area contributed by atoms with Crippen LogP contribution >= 0.6 is 11.8 Å². The molecule has 1 aliphatic carbocycles. The van der Waals surface area contributed by atoms with E-state index in [4.69, 9.17) is 4.74 Å². The number of methoxy groups -OCH3 is 1. The lowest BCUT2D eigenvalue weighted by molar-refractivity contribution is 0.385. The molecule has 1 heterocycles. The zero-order valence-corrected chi connectivity index (χ0v) is 11.8. The molecule has 1 aliphatic heterocycles. The molecule has 2 atom stereocenters. The molecule has 1 aromatic rings. The molecule has 3 heteroatoms. The molecule has 0 radical (unpaired) electrons. The van der Waals surface area contributed by atoms with Crippen molar-refractivity contribution in [3.63, 3.8) is 0 Å². The second-order valence-electron chi connectivity index (χ2n) is 5.26. The van der Waals surface area contributed by atoms with E-state index in [-0.39, 0.29) is 0 Å². The van der Waals surface area contributed by atoms with Gasteiger partial charge in [0.05, 0.1) is 7.11 Å². The van der Waals surface area contributed by atoms with E-state index in [1.807, 2.05) is 0 Å². The van der Waals surface area contributed by atoms with Gasteiger partial charge in [-0.2, -0.15) is 11.8 Å². The minimum absolute atomic E-state index is 0.660. The Hall–Kier alpha value is -0.670. The number of ether oxygens (including phenoxy) is 1. The third-order valence-corrected chi connectivity index (χ3v) is 5.22. The van der Waals surface area contributed by atoms with Gasteiger partial charge in [-0.1, -0.05) is 12.1 Å². The summed E-state index contributed by atoms with van der Waals surface area (Å²) in [5.74, 6) is 3.69. The fourth-order valence-electron chi connectivity index (χ4n) is 3.10. The predicted octanol–water partition coefficient (Wildman–Crippen LogP) is 2.65. The molecule has 1 fully saturated rings. The second-order valence-corrected chi connectivity index (χ2v) is 6.41. The summed E-state index contributed by atoms with van der Waals surface area (Å²) in [4.78, 5) is 0. The third kappa shape index (κ3) is 2.52. The monoisotopic (exact) mass is 263 g/mol. The second kappa shape index (κ2) is 5.54. The number of rotatable bonds is 3. The van der Waals surface area contributed by atoms with Crippen molar-refractivity contribution in [2.75, 3.05) is 18.6 Å². The van der Waals surface area contributed by atoms with Gasteiger partial charge < -0.3 is 10.1 Å². The maximum atomic E-state index is 5.46. The predicted molar refractivity (Wildman–Crippen MR) is 77.7 cm³/mol. The highest BCUT2D eigenvalue weighted by atomic mass is 32.2. The Morgan fingerprint density at radius 2 is 2.22 bits per heavy atom. The Morgan fingerprint density at radius 1 is 1.28 bits per heavy atom. The summed E-state index contributed by atoms with van der Waals surface area (Å²) >= 11 is 2.08. The molecule has 1 saturated heterocycles. The van der Waals surface area contributed by atoms with E-state index in [1.165, 1.54) is 35.5 Å². The smallest absolute Gasteiger partial charge is 0.122 e. The molecule has 0 amide bonds. The molecule has 18 heavy (non-hydrogen) atoms. The maximum Gasteiger partial charge on any atom is 0.122 e. The van der Waals surface area contributed by atoms with Crippen molar-refractivity contribution in [3.05, 3.63) is 29.3 Å². The van der Waals surface area contributed by atoms with Gasteiger partial charge in [0.2, 0.25) is 0 Å². The summed E-state index contributed by atoms with van der Waals surface area (Å²) in [6, 6.07) is 7.86. The highest BCUT2D eigenvalue weighted by molar-refractivity contribution is 7.99. The van der Waals surface area contributed by atoms with Gasteiger partial charge in [0.15, 0.2) is 0 Å². The molecular weight excluding hydrogens is 242 g/mol. The van der Waals surface area contributed by atoms with Crippen molar-refractivity contribution < 1.29 is 4.74 Å². The number of benzene rings is 1. The molecular formula is C15H21NOS. The van der Waals surface area contributed by atoms with E-state index in [2.05, 4.69) is 35.3 Å². The standard InChI is InChI=1S/C15H21NOS/c1-17-15-4-2-3-11-9-12(5-6-14(11)15)16-13-7-8-18-10-13/h2-4,12-13,16H,5-10H2,1H3/t12-,13-/m0/s1. The van der Waals surface area contributed by atoms with E-state index in [1.54, 1.807) is 7.11 Å². The SMILES string of the molecule is COc1cccc2c1CC[C@H](N[C@H]1CCSC1)C2. The summed E-state index contributed by atoms with van der Waals surface area (Å²) in [7, 11) is 1.77. The zero-order valence-electron chi connectivity index (χ0n) is 10.9. The summed E-state index contributed by atoms with van der Waals surface area (Å²) in [5.41, 5.74) is 2.91. The molecule has 98 valence electrons. The Bertz CT molecular complexity index is 415. The Balaban J connectivity index is 1.69. The van der Waals surface area contributed by atoms with Crippen LogP contribution in [0, 0.1) is 0 Å². The number of hydrogen-bond donors (Lipinski definition) is 1. The van der Waals surface area contributed by atoms with Crippen LogP contribution in [0.4, 0.5) is 0 Å². The van der Waals surface area contributed by atoms with Gasteiger partial charge in [0.1, 0.15) is 5.75 Å². The molecule has 0 bridgehead atoms. The summed E-state index contributed by atoms with van der Waals surface area (Å²) in [5, 5.41) is 3.83. The van der Waals surface area contributed by atoms with Crippen LogP contribution in [0.15, 0.2) is 18.2 Å². The Labute approximate surface area is 113 Å². The minimum Gasteiger partial charge on any atom is -0.496 e. The van der Waals surface area contributed by atoms with E-state index in [0.29, 0.717) is 6.04 Å². The average molecular weight is 263 g/mol. The van der Waals surface area contributed by atoms with Crippen LogP contribution in [0.5, 0.6) is 5.75 Å². The van der Waals surface area contributed by atoms with E-state index >= 15 is 0 Å². The normalized spacial score (nSPS) is 26.9. The first-order chi connectivity index (χ1) is 8.86. The summed E-state index contributed by atoms with van der Waals surface area (Å²) in [6.07, 6.45) is 4.89. The first kappa shape index (κ1) is 12.4. The number of fused-ring (bicyclic) bond motifs is 1. The molecule has 2 nitrogen and oxygen atoms in total. The summed E-state index contributed by atoms with van der Waals surface area (Å²) in [6.45, 7) is 0. The molecule has 2 aliphatic rings. The van der Waals surface area contributed by atoms with Gasteiger partial charge in [-0.25, -0.2) is 0 Å². The average Bonchev–Trinajstić information content (AvgIpc) is 2.90. The van der Waals surface area contributed by atoms with Crippen LogP contribution in [-0.2, 0) is 12.8 Å². The first-order valence-electron chi connectivity index (χ1n) is 6.85. The van der Waals surface area contributed by atoms with Gasteiger partial charge in [0.25, 0.3) is 0 Å². The number of nitrogens with one attached hydrogen (secondary N) is 1. The van der Waals surface area contributed by atoms with Crippen LogP contribution in [0.25, 0.3) is 0 Å². The van der Waals surface area contributed by atoms with Crippen molar-refractivity contribution in [2.24, 2.45) is 0 Å². The van der Waals surface area contributed by atoms with Crippen molar-refractivity contribution in [1.82, 2.24) is 5.32 Å². The van der Waals surface area contributed by atoms with Gasteiger partial charge in [0, 0.05) is 17.8 Å². The highest BCUT2D eigenvalue weighted by Crippen LogP contribution is 2.30. The van der Waals surface area contributed by atoms with E-state index < -0.39 is 0 Å². The Morgan fingerprint density at radius 3 is 3.00 bits per heavy atom. The summed E-state index contributed by atoms with van der Waals surface area (Å²) < 4.78 is 5.46. The van der Waals surface area contributed by atoms with Crippen LogP contribution in [0.1, 0.15) is 24.0 Å². The molecule has 1 aromatic carbocycles. The van der Waals surface area contributed by atoms with Crippen LogP contribution in [0.3, 0.4) is 0 Å². The largest absolute Gasteiger partial charge is 0.496 e. The number of hydrogen-bond acceptors (Lipinski definition) is 3. The minimum atomic E-state index is 0.660. The van der Waals surface area contributed by atoms with Gasteiger partial charge in [-0.3, -0.25) is 0 Å². The van der Waals surface area contributed by atoms with E-state index in [9.17, 15) is 0 Å². The van der Waals surface area contributed by atoms with Crippen molar-refractivity contribution >= 4 is 11.8 Å². The molecule has 3 rings (SSSR count). The van der Waals surface area contributed by atoms with Gasteiger partial charge >= 0.3 is 0 Å². The molecule has 1 N–H and O–H groups in total. The highest BCUT2D eigenvalue weighted by Gasteiger charge is 2.24. The van der Waals surface area contributed by atoms with Crippen LogP contribution in [-0.4, -0.2) is 30.7 Å².